The van der Waals surface area contributed by atoms with E-state index in [9.17, 15) is 22.9 Å². The van der Waals surface area contributed by atoms with Gasteiger partial charge in [-0.05, 0) is 54.4 Å². The molecule has 0 amide bonds. The maximum atomic E-state index is 12.0. The number of ether oxygens (including phenoxy) is 4. The molecule has 0 saturated heterocycles. The van der Waals surface area contributed by atoms with E-state index in [4.69, 9.17) is 18.9 Å². The van der Waals surface area contributed by atoms with Crippen LogP contribution in [0.5, 0.6) is 23.0 Å². The molecule has 1 heterocycles. The van der Waals surface area contributed by atoms with Crippen LogP contribution in [0.4, 0.5) is 0 Å². The average Bonchev–Trinajstić information content (AvgIpc) is 2.97. The second-order valence-electron chi connectivity index (χ2n) is 9.92. The first-order valence-corrected chi connectivity index (χ1v) is 14.3. The van der Waals surface area contributed by atoms with Crippen molar-refractivity contribution >= 4 is 16.1 Å². The molecule has 0 aliphatic carbocycles. The van der Waals surface area contributed by atoms with Gasteiger partial charge in [-0.3, -0.25) is 0 Å². The minimum absolute atomic E-state index is 0.0762. The molecule has 0 saturated carbocycles. The highest BCUT2D eigenvalue weighted by Gasteiger charge is 2.46. The molecule has 2 unspecified atom stereocenters. The number of methoxy groups -OCH3 is 4. The second kappa shape index (κ2) is 13.2. The molecule has 11 heteroatoms. The number of fused-ring (bicyclic) bond motifs is 1. The zero-order valence-corrected chi connectivity index (χ0v) is 24.9. The topological polar surface area (TPSA) is 131 Å². The number of benzene rings is 3. The summed E-state index contributed by atoms with van der Waals surface area (Å²) in [6, 6.07) is 16.4. The van der Waals surface area contributed by atoms with Crippen molar-refractivity contribution in [2.45, 2.75) is 36.7 Å². The molecule has 0 bridgehead atoms. The van der Waals surface area contributed by atoms with E-state index >= 15 is 0 Å². The van der Waals surface area contributed by atoms with Gasteiger partial charge in [-0.25, -0.2) is 13.2 Å². The fourth-order valence-electron chi connectivity index (χ4n) is 5.15. The standard InChI is InChI=1S/C24H31NO6.C6H6O3S/c1-15(24(26)27)25(2)10-9-17-13-22(30-5)23(31-6)14-18(17)19(25)11-16-7-8-20(28-3)21(12-16)29-4;7-10(8,9)6-4-2-1-3-5-6/h7-8,12-15,19H,9-11H2,1-6H3;1-5H,(H,7,8,9)/t15?,19-,25?;/m1./s1. The van der Waals surface area contributed by atoms with Gasteiger partial charge in [0, 0.05) is 18.4 Å². The molecule has 10 nitrogen and oxygen atoms in total. The number of nitrogens with zero attached hydrogens (tertiary/aromatic N) is 1. The largest absolute Gasteiger partial charge is 0.744 e. The Morgan fingerprint density at radius 2 is 1.49 bits per heavy atom. The Morgan fingerprint density at radius 3 is 2.00 bits per heavy atom. The van der Waals surface area contributed by atoms with E-state index in [-0.39, 0.29) is 10.9 Å². The van der Waals surface area contributed by atoms with E-state index in [1.165, 1.54) is 24.3 Å². The Labute approximate surface area is 241 Å². The van der Waals surface area contributed by atoms with E-state index in [1.54, 1.807) is 41.4 Å². The van der Waals surface area contributed by atoms with Gasteiger partial charge in [0.1, 0.15) is 16.2 Å². The van der Waals surface area contributed by atoms with Gasteiger partial charge in [0.2, 0.25) is 0 Å². The molecule has 3 aromatic rings. The van der Waals surface area contributed by atoms with Crippen LogP contribution in [0.2, 0.25) is 0 Å². The Balaban J connectivity index is 0.000000389. The van der Waals surface area contributed by atoms with Gasteiger partial charge in [0.25, 0.3) is 0 Å². The fraction of sp³-hybridized carbons (Fsp3) is 0.367. The van der Waals surface area contributed by atoms with Crippen LogP contribution in [-0.4, -0.2) is 76.6 Å². The molecule has 0 fully saturated rings. The number of aliphatic carboxylic acids is 1. The molecule has 0 spiro atoms. The third-order valence-electron chi connectivity index (χ3n) is 7.73. The normalized spacial score (nSPS) is 18.7. The minimum atomic E-state index is -4.25. The molecule has 4 rings (SSSR count). The minimum Gasteiger partial charge on any atom is -0.744 e. The van der Waals surface area contributed by atoms with Crippen LogP contribution in [0, 0.1) is 0 Å². The maximum absolute atomic E-state index is 12.0. The van der Waals surface area contributed by atoms with Crippen LogP contribution in [0.25, 0.3) is 0 Å². The summed E-state index contributed by atoms with van der Waals surface area (Å²) in [5.41, 5.74) is 3.30. The number of carbonyl (C=O) groups is 1. The number of quaternary nitrogens is 1. The third-order valence-corrected chi connectivity index (χ3v) is 8.58. The predicted molar refractivity (Wildman–Crippen MR) is 152 cm³/mol. The zero-order valence-electron chi connectivity index (χ0n) is 24.1. The molecule has 3 atom stereocenters. The Morgan fingerprint density at radius 1 is 0.927 bits per heavy atom. The van der Waals surface area contributed by atoms with Crippen LogP contribution in [0.1, 0.15) is 29.7 Å². The molecule has 0 radical (unpaired) electrons. The molecule has 1 aliphatic rings. The molecule has 1 N–H and O–H groups in total. The smallest absolute Gasteiger partial charge is 0.362 e. The van der Waals surface area contributed by atoms with Crippen LogP contribution < -0.4 is 18.9 Å². The van der Waals surface area contributed by atoms with E-state index in [0.717, 1.165) is 23.1 Å². The molecule has 3 aromatic carbocycles. The van der Waals surface area contributed by atoms with Crippen molar-refractivity contribution in [1.82, 2.24) is 0 Å². The predicted octanol–water partition coefficient (Wildman–Crippen LogP) is 4.07. The molecule has 1 aliphatic heterocycles. The maximum Gasteiger partial charge on any atom is 0.362 e. The van der Waals surface area contributed by atoms with Crippen molar-refractivity contribution in [2.75, 3.05) is 42.0 Å². The van der Waals surface area contributed by atoms with Gasteiger partial charge in [-0.2, -0.15) is 0 Å². The summed E-state index contributed by atoms with van der Waals surface area (Å²) in [4.78, 5) is 11.8. The summed E-state index contributed by atoms with van der Waals surface area (Å²) in [6.07, 6.45) is 1.42. The first-order chi connectivity index (χ1) is 19.4. The number of carboxylic acids is 1. The van der Waals surface area contributed by atoms with Gasteiger partial charge < -0.3 is 33.1 Å². The van der Waals surface area contributed by atoms with Crippen molar-refractivity contribution in [3.63, 3.8) is 0 Å². The number of hydrogen-bond acceptors (Lipinski definition) is 8. The summed E-state index contributed by atoms with van der Waals surface area (Å²) < 4.78 is 53.1. The van der Waals surface area contributed by atoms with Crippen molar-refractivity contribution in [3.05, 3.63) is 77.4 Å². The van der Waals surface area contributed by atoms with Gasteiger partial charge in [0.05, 0.1) is 46.9 Å². The number of likely N-dealkylation sites (N-methyl/N-ethyl adjacent to an activating group) is 1. The summed E-state index contributed by atoms with van der Waals surface area (Å²) in [5.74, 6) is 1.86. The lowest BCUT2D eigenvalue weighted by molar-refractivity contribution is -0.954. The first kappa shape index (κ1) is 31.7. The molecular weight excluding hydrogens is 550 g/mol. The highest BCUT2D eigenvalue weighted by atomic mass is 32.2. The Kier molecular flexibility index (Phi) is 10.2. The highest BCUT2D eigenvalue weighted by Crippen LogP contribution is 2.44. The second-order valence-corrected chi connectivity index (χ2v) is 11.3. The summed E-state index contributed by atoms with van der Waals surface area (Å²) in [6.45, 7) is 2.50. The quantitative estimate of drug-likeness (QED) is 0.291. The summed E-state index contributed by atoms with van der Waals surface area (Å²) >= 11 is 0. The molecule has 41 heavy (non-hydrogen) atoms. The van der Waals surface area contributed by atoms with Crippen LogP contribution in [0.15, 0.2) is 65.6 Å². The molecule has 0 aromatic heterocycles. The van der Waals surface area contributed by atoms with Crippen LogP contribution in [0.3, 0.4) is 0 Å². The first-order valence-electron chi connectivity index (χ1n) is 12.9. The SMILES string of the molecule is COc1ccc(C[C@@H]2c3cc(OC)c(OC)cc3CC[N+]2(C)C(C)C(=O)O)cc1OC.O=S(=O)([O-])c1ccccc1. The van der Waals surface area contributed by atoms with E-state index in [2.05, 4.69) is 0 Å². The average molecular weight is 588 g/mol. The van der Waals surface area contributed by atoms with E-state index in [0.29, 0.717) is 40.4 Å². The van der Waals surface area contributed by atoms with E-state index < -0.39 is 22.1 Å². The Hall–Kier alpha value is -3.80. The number of carboxylic acid groups (broad SMARTS) is 1. The lowest BCUT2D eigenvalue weighted by Crippen LogP contribution is -2.59. The summed E-state index contributed by atoms with van der Waals surface area (Å²) in [7, 11) is 4.24. The monoisotopic (exact) mass is 587 g/mol. The number of rotatable bonds is 9. The van der Waals surface area contributed by atoms with Gasteiger partial charge in [0.15, 0.2) is 29.0 Å². The van der Waals surface area contributed by atoms with Crippen molar-refractivity contribution in [3.8, 4) is 23.0 Å². The van der Waals surface area contributed by atoms with Crippen molar-refractivity contribution in [2.24, 2.45) is 0 Å². The third kappa shape index (κ3) is 7.10. The van der Waals surface area contributed by atoms with Crippen molar-refractivity contribution < 1.29 is 46.3 Å². The lowest BCUT2D eigenvalue weighted by Gasteiger charge is -2.48. The molecule has 222 valence electrons. The van der Waals surface area contributed by atoms with Gasteiger partial charge in [-0.15, -0.1) is 0 Å². The fourth-order valence-corrected chi connectivity index (χ4v) is 5.64. The number of hydrogen-bond donors (Lipinski definition) is 1. The van der Waals surface area contributed by atoms with E-state index in [1.807, 2.05) is 37.4 Å². The van der Waals surface area contributed by atoms with Gasteiger partial charge in [-0.1, -0.05) is 24.3 Å². The highest BCUT2D eigenvalue weighted by molar-refractivity contribution is 7.85. The van der Waals surface area contributed by atoms with Gasteiger partial charge >= 0.3 is 5.97 Å². The Bertz CT molecular complexity index is 1460. The molecular formula is C30H37NO9S. The van der Waals surface area contributed by atoms with Crippen LogP contribution >= 0.6 is 0 Å². The summed E-state index contributed by atoms with van der Waals surface area (Å²) in [5, 5.41) is 9.87. The van der Waals surface area contributed by atoms with Crippen LogP contribution in [-0.2, 0) is 27.8 Å². The lowest BCUT2D eigenvalue weighted by atomic mass is 9.85. The zero-order chi connectivity index (χ0) is 30.4. The van der Waals surface area contributed by atoms with Crippen molar-refractivity contribution in [1.29, 1.82) is 0 Å².